The first-order valence-corrected chi connectivity index (χ1v) is 8.91. The summed E-state index contributed by atoms with van der Waals surface area (Å²) >= 11 is 5.86. The molecular formula is C16H12ClFO5S. The summed E-state index contributed by atoms with van der Waals surface area (Å²) in [7, 11) is -3.53. The maximum atomic E-state index is 13.1. The second kappa shape index (κ2) is 7.11. The van der Waals surface area contributed by atoms with E-state index >= 15 is 0 Å². The number of benzene rings is 2. The zero-order valence-corrected chi connectivity index (χ0v) is 14.0. The van der Waals surface area contributed by atoms with Crippen LogP contribution in [-0.2, 0) is 14.6 Å². The topological polar surface area (TPSA) is 77.5 Å². The number of carbonyl (C=O) groups is 2. The molecule has 8 heteroatoms. The van der Waals surface area contributed by atoms with E-state index in [-0.39, 0.29) is 21.0 Å². The molecule has 0 radical (unpaired) electrons. The lowest BCUT2D eigenvalue weighted by atomic mass is 10.1. The largest absolute Gasteiger partial charge is 0.454 e. The average molecular weight is 371 g/mol. The third-order valence-corrected chi connectivity index (χ3v) is 4.51. The summed E-state index contributed by atoms with van der Waals surface area (Å²) in [6.07, 6.45) is 0.985. The van der Waals surface area contributed by atoms with E-state index in [4.69, 9.17) is 16.3 Å². The van der Waals surface area contributed by atoms with E-state index in [2.05, 4.69) is 0 Å². The molecule has 0 saturated carbocycles. The lowest BCUT2D eigenvalue weighted by Crippen LogP contribution is -2.15. The van der Waals surface area contributed by atoms with Crippen molar-refractivity contribution in [2.75, 3.05) is 12.9 Å². The Morgan fingerprint density at radius 1 is 1.17 bits per heavy atom. The SMILES string of the molecule is CS(=O)(=O)c1ccc(Cl)c(C(=O)OCC(=O)c2cccc(F)c2)c1. The number of sulfone groups is 1. The molecule has 126 valence electrons. The van der Waals surface area contributed by atoms with Crippen molar-refractivity contribution in [3.05, 3.63) is 64.4 Å². The van der Waals surface area contributed by atoms with Crippen LogP contribution in [0.5, 0.6) is 0 Å². The molecule has 0 aliphatic rings. The van der Waals surface area contributed by atoms with Crippen LogP contribution in [0.25, 0.3) is 0 Å². The van der Waals surface area contributed by atoms with Crippen LogP contribution in [0.4, 0.5) is 4.39 Å². The standard InChI is InChI=1S/C16H12ClFO5S/c1-24(21,22)12-5-6-14(17)13(8-12)16(20)23-9-15(19)10-3-2-4-11(18)7-10/h2-8H,9H2,1H3. The van der Waals surface area contributed by atoms with Crippen LogP contribution >= 0.6 is 11.6 Å². The molecule has 24 heavy (non-hydrogen) atoms. The number of esters is 1. The Morgan fingerprint density at radius 3 is 2.50 bits per heavy atom. The van der Waals surface area contributed by atoms with Gasteiger partial charge in [-0.3, -0.25) is 4.79 Å². The molecule has 0 fully saturated rings. The summed E-state index contributed by atoms with van der Waals surface area (Å²) in [5.41, 5.74) is -0.120. The number of hydrogen-bond donors (Lipinski definition) is 0. The minimum atomic E-state index is -3.53. The molecule has 2 rings (SSSR count). The highest BCUT2D eigenvalue weighted by molar-refractivity contribution is 7.90. The van der Waals surface area contributed by atoms with Gasteiger partial charge in [0, 0.05) is 11.8 Å². The van der Waals surface area contributed by atoms with Gasteiger partial charge in [-0.25, -0.2) is 17.6 Å². The second-order valence-corrected chi connectivity index (χ2v) is 7.35. The molecule has 0 aromatic heterocycles. The Labute approximate surface area is 142 Å². The molecular weight excluding hydrogens is 359 g/mol. The second-order valence-electron chi connectivity index (χ2n) is 4.92. The maximum Gasteiger partial charge on any atom is 0.340 e. The van der Waals surface area contributed by atoms with Crippen molar-refractivity contribution in [3.63, 3.8) is 0 Å². The third kappa shape index (κ3) is 4.39. The van der Waals surface area contributed by atoms with Gasteiger partial charge in [0.15, 0.2) is 22.2 Å². The number of halogens is 2. The number of carbonyl (C=O) groups excluding carboxylic acids is 2. The van der Waals surface area contributed by atoms with E-state index in [9.17, 15) is 22.4 Å². The van der Waals surface area contributed by atoms with Gasteiger partial charge in [0.25, 0.3) is 0 Å². The van der Waals surface area contributed by atoms with Crippen molar-refractivity contribution >= 4 is 33.2 Å². The highest BCUT2D eigenvalue weighted by atomic mass is 35.5. The normalized spacial score (nSPS) is 11.1. The molecule has 0 heterocycles. The summed E-state index contributed by atoms with van der Waals surface area (Å²) in [5, 5.41) is -0.00870. The van der Waals surface area contributed by atoms with Crippen LogP contribution in [0.2, 0.25) is 5.02 Å². The van der Waals surface area contributed by atoms with Crippen LogP contribution in [0, 0.1) is 5.82 Å². The number of ether oxygens (including phenoxy) is 1. The van der Waals surface area contributed by atoms with Crippen LogP contribution in [0.15, 0.2) is 47.4 Å². The number of hydrogen-bond acceptors (Lipinski definition) is 5. The van der Waals surface area contributed by atoms with Crippen molar-refractivity contribution in [1.82, 2.24) is 0 Å². The van der Waals surface area contributed by atoms with E-state index in [0.29, 0.717) is 0 Å². The minimum Gasteiger partial charge on any atom is -0.454 e. The summed E-state index contributed by atoms with van der Waals surface area (Å²) in [5.74, 6) is -2.13. The Balaban J connectivity index is 2.14. The molecule has 0 amide bonds. The molecule has 2 aromatic carbocycles. The van der Waals surface area contributed by atoms with Gasteiger partial charge in [0.1, 0.15) is 5.82 Å². The van der Waals surface area contributed by atoms with Gasteiger partial charge in [-0.1, -0.05) is 23.7 Å². The van der Waals surface area contributed by atoms with Gasteiger partial charge >= 0.3 is 5.97 Å². The minimum absolute atomic E-state index is 0.00870. The van der Waals surface area contributed by atoms with E-state index in [1.54, 1.807) is 0 Å². The highest BCUT2D eigenvalue weighted by Gasteiger charge is 2.18. The Bertz CT molecular complexity index is 908. The van der Waals surface area contributed by atoms with Gasteiger partial charge in [0.05, 0.1) is 15.5 Å². The lowest BCUT2D eigenvalue weighted by Gasteiger charge is -2.07. The monoisotopic (exact) mass is 370 g/mol. The molecule has 0 unspecified atom stereocenters. The van der Waals surface area contributed by atoms with Crippen molar-refractivity contribution in [2.45, 2.75) is 4.90 Å². The first kappa shape index (κ1) is 18.1. The predicted molar refractivity (Wildman–Crippen MR) is 85.6 cm³/mol. The number of ketones is 1. The lowest BCUT2D eigenvalue weighted by molar-refractivity contribution is 0.0474. The zero-order chi connectivity index (χ0) is 17.9. The molecule has 0 N–H and O–H groups in total. The molecule has 0 bridgehead atoms. The van der Waals surface area contributed by atoms with Gasteiger partial charge in [-0.15, -0.1) is 0 Å². The van der Waals surface area contributed by atoms with E-state index in [0.717, 1.165) is 18.4 Å². The van der Waals surface area contributed by atoms with Crippen molar-refractivity contribution in [3.8, 4) is 0 Å². The Hall–Kier alpha value is -2.25. The smallest absolute Gasteiger partial charge is 0.340 e. The number of Topliss-reactive ketones (excluding diaryl/α,β-unsaturated/α-hetero) is 1. The highest BCUT2D eigenvalue weighted by Crippen LogP contribution is 2.21. The van der Waals surface area contributed by atoms with Gasteiger partial charge in [-0.2, -0.15) is 0 Å². The first-order valence-electron chi connectivity index (χ1n) is 6.64. The maximum absolute atomic E-state index is 13.1. The molecule has 0 spiro atoms. The average Bonchev–Trinajstić information content (AvgIpc) is 2.51. The zero-order valence-electron chi connectivity index (χ0n) is 12.5. The molecule has 0 aliphatic carbocycles. The molecule has 0 aliphatic heterocycles. The molecule has 0 saturated heterocycles. The molecule has 2 aromatic rings. The van der Waals surface area contributed by atoms with Crippen molar-refractivity contribution in [2.24, 2.45) is 0 Å². The molecule has 0 atom stereocenters. The quantitative estimate of drug-likeness (QED) is 0.597. The molecule has 5 nitrogen and oxygen atoms in total. The fourth-order valence-corrected chi connectivity index (χ4v) is 2.69. The van der Waals surface area contributed by atoms with E-state index in [1.807, 2.05) is 0 Å². The number of rotatable bonds is 5. The van der Waals surface area contributed by atoms with Gasteiger partial charge < -0.3 is 4.74 Å². The van der Waals surface area contributed by atoms with Crippen molar-refractivity contribution in [1.29, 1.82) is 0 Å². The van der Waals surface area contributed by atoms with Crippen LogP contribution in [0.1, 0.15) is 20.7 Å². The summed E-state index contributed by atoms with van der Waals surface area (Å²) < 4.78 is 40.9. The van der Waals surface area contributed by atoms with Crippen LogP contribution < -0.4 is 0 Å². The van der Waals surface area contributed by atoms with Gasteiger partial charge in [-0.05, 0) is 30.3 Å². The summed E-state index contributed by atoms with van der Waals surface area (Å²) in [6, 6.07) is 8.53. The third-order valence-electron chi connectivity index (χ3n) is 3.07. The fourth-order valence-electron chi connectivity index (χ4n) is 1.85. The van der Waals surface area contributed by atoms with E-state index in [1.165, 1.54) is 30.3 Å². The fraction of sp³-hybridized carbons (Fsp3) is 0.125. The van der Waals surface area contributed by atoms with Crippen LogP contribution in [0.3, 0.4) is 0 Å². The van der Waals surface area contributed by atoms with Gasteiger partial charge in [0.2, 0.25) is 0 Å². The first-order chi connectivity index (χ1) is 11.2. The Morgan fingerprint density at radius 2 is 1.88 bits per heavy atom. The predicted octanol–water partition coefficient (Wildman–Crippen LogP) is 2.92. The van der Waals surface area contributed by atoms with Crippen LogP contribution in [-0.4, -0.2) is 33.0 Å². The van der Waals surface area contributed by atoms with E-state index < -0.39 is 34.0 Å². The summed E-state index contributed by atoms with van der Waals surface area (Å²) in [6.45, 7) is -0.623. The Kier molecular flexibility index (Phi) is 5.36. The van der Waals surface area contributed by atoms with Crippen molar-refractivity contribution < 1.29 is 27.1 Å². The summed E-state index contributed by atoms with van der Waals surface area (Å²) in [4.78, 5) is 23.8.